The Morgan fingerprint density at radius 2 is 1.21 bits per heavy atom. The topological polar surface area (TPSA) is 65.0 Å². The van der Waals surface area contributed by atoms with Crippen LogP contribution in [0.25, 0.3) is 0 Å². The van der Waals surface area contributed by atoms with Crippen molar-refractivity contribution in [2.45, 2.75) is 148 Å². The Labute approximate surface area is 243 Å². The van der Waals surface area contributed by atoms with Crippen molar-refractivity contribution in [3.63, 3.8) is 0 Å². The molecule has 0 aliphatic rings. The largest absolute Gasteiger partial charge is 0.385 e. The monoisotopic (exact) mass is 576 g/mol. The number of quaternary nitrogens is 1. The lowest BCUT2D eigenvalue weighted by Crippen LogP contribution is -2.45. The summed E-state index contributed by atoms with van der Waals surface area (Å²) in [6.45, 7) is 5.42. The molecule has 0 aromatic carbocycles. The third kappa shape index (κ3) is 23.1. The molecule has 7 heteroatoms. The molecule has 0 spiro atoms. The molecule has 234 valence electrons. The van der Waals surface area contributed by atoms with Crippen LogP contribution in [0.2, 0.25) is 0 Å². The fourth-order valence-corrected chi connectivity index (χ4v) is 6.92. The first kappa shape index (κ1) is 38.8. The molecule has 0 aromatic rings. The van der Waals surface area contributed by atoms with E-state index in [1.807, 2.05) is 28.1 Å². The van der Waals surface area contributed by atoms with E-state index in [0.717, 1.165) is 25.7 Å². The zero-order valence-corrected chi connectivity index (χ0v) is 27.7. The van der Waals surface area contributed by atoms with E-state index in [1.54, 1.807) is 7.11 Å². The molecule has 1 N–H and O–H groups in total. The summed E-state index contributed by atoms with van der Waals surface area (Å²) >= 11 is 0. The second-order valence-corrected chi connectivity index (χ2v) is 14.2. The molecule has 0 radical (unpaired) electrons. The molecule has 0 rings (SSSR count). The number of unbranched alkanes of at least 4 members (excludes halogenated alkanes) is 15. The zero-order chi connectivity index (χ0) is 29.2. The molecule has 0 bridgehead atoms. The Morgan fingerprint density at radius 3 is 1.67 bits per heavy atom. The second kappa shape index (κ2) is 25.5. The molecule has 0 aliphatic heterocycles. The van der Waals surface area contributed by atoms with E-state index in [-0.39, 0.29) is 12.7 Å². The van der Waals surface area contributed by atoms with Crippen molar-refractivity contribution in [2.24, 2.45) is 0 Å². The van der Waals surface area contributed by atoms with E-state index < -0.39 is 13.4 Å². The summed E-state index contributed by atoms with van der Waals surface area (Å²) in [5.74, 6) is -0.445. The predicted octanol–water partition coefficient (Wildman–Crippen LogP) is 9.26. The van der Waals surface area contributed by atoms with Crippen LogP contribution in [0.3, 0.4) is 0 Å². The summed E-state index contributed by atoms with van der Waals surface area (Å²) in [5.41, 5.74) is 0. The first-order chi connectivity index (χ1) is 18.7. The van der Waals surface area contributed by atoms with E-state index in [9.17, 15) is 9.46 Å². The Bertz CT molecular complexity index is 608. The minimum absolute atomic E-state index is 0.0640. The highest BCUT2D eigenvalue weighted by atomic mass is 31.2. The van der Waals surface area contributed by atoms with Crippen molar-refractivity contribution < 1.29 is 27.9 Å². The van der Waals surface area contributed by atoms with Gasteiger partial charge in [-0.05, 0) is 38.5 Å². The fraction of sp³-hybridized carbons (Fsp3) is 0.938. The molecule has 6 nitrogen and oxygen atoms in total. The molecule has 0 amide bonds. The average molecular weight is 577 g/mol. The highest BCUT2D eigenvalue weighted by molar-refractivity contribution is 7.53. The van der Waals surface area contributed by atoms with Gasteiger partial charge in [0.2, 0.25) is 0 Å². The second-order valence-electron chi connectivity index (χ2n) is 12.2. The molecule has 0 saturated carbocycles. The van der Waals surface area contributed by atoms with E-state index in [2.05, 4.69) is 19.1 Å². The number of rotatable bonds is 29. The SMILES string of the molecule is CCCCCCCCCCCCCC/C=C\CCCCCOC[C@H](COP(=O)(O)C(CCC)[N+](C)(C)C)OC. The van der Waals surface area contributed by atoms with Crippen LogP contribution in [0.4, 0.5) is 0 Å². The quantitative estimate of drug-likeness (QED) is 0.0416. The highest BCUT2D eigenvalue weighted by Crippen LogP contribution is 2.51. The maximum atomic E-state index is 12.9. The first-order valence-corrected chi connectivity index (χ1v) is 17.9. The van der Waals surface area contributed by atoms with Gasteiger partial charge in [0.05, 0.1) is 34.4 Å². The van der Waals surface area contributed by atoms with E-state index in [4.69, 9.17) is 14.0 Å². The van der Waals surface area contributed by atoms with Crippen LogP contribution in [0.5, 0.6) is 0 Å². The van der Waals surface area contributed by atoms with Crippen LogP contribution in [0.15, 0.2) is 12.2 Å². The van der Waals surface area contributed by atoms with E-state index >= 15 is 0 Å². The van der Waals surface area contributed by atoms with Gasteiger partial charge in [-0.3, -0.25) is 4.57 Å². The van der Waals surface area contributed by atoms with Crippen molar-refractivity contribution in [2.75, 3.05) is 48.1 Å². The average Bonchev–Trinajstić information content (AvgIpc) is 2.89. The maximum Gasteiger partial charge on any atom is 0.385 e. The smallest absolute Gasteiger partial charge is 0.379 e. The highest BCUT2D eigenvalue weighted by Gasteiger charge is 2.42. The molecule has 0 fully saturated rings. The molecule has 3 atom stereocenters. The van der Waals surface area contributed by atoms with Crippen LogP contribution in [0, 0.1) is 0 Å². The predicted molar refractivity (Wildman–Crippen MR) is 167 cm³/mol. The third-order valence-electron chi connectivity index (χ3n) is 7.45. The van der Waals surface area contributed by atoms with Gasteiger partial charge in [0.15, 0.2) is 5.78 Å². The summed E-state index contributed by atoms with van der Waals surface area (Å²) < 4.78 is 29.9. The summed E-state index contributed by atoms with van der Waals surface area (Å²) in [6, 6.07) is 0. The van der Waals surface area contributed by atoms with Crippen LogP contribution >= 0.6 is 7.60 Å². The van der Waals surface area contributed by atoms with Gasteiger partial charge < -0.3 is 23.4 Å². The summed E-state index contributed by atoms with van der Waals surface area (Å²) in [4.78, 5) is 10.5. The number of hydrogen-bond acceptors (Lipinski definition) is 4. The van der Waals surface area contributed by atoms with Gasteiger partial charge >= 0.3 is 7.60 Å². The van der Waals surface area contributed by atoms with Crippen LogP contribution in [-0.2, 0) is 18.6 Å². The number of allylic oxidation sites excluding steroid dienone is 2. The molecule has 0 aliphatic carbocycles. The maximum absolute atomic E-state index is 12.9. The van der Waals surface area contributed by atoms with Crippen molar-refractivity contribution >= 4 is 7.60 Å². The van der Waals surface area contributed by atoms with Crippen LogP contribution in [0.1, 0.15) is 136 Å². The van der Waals surface area contributed by atoms with Gasteiger partial charge in [0.1, 0.15) is 6.10 Å². The molecule has 0 saturated heterocycles. The number of hydrogen-bond donors (Lipinski definition) is 1. The summed E-state index contributed by atoms with van der Waals surface area (Å²) in [6.07, 6.45) is 28.4. The van der Waals surface area contributed by atoms with E-state index in [1.165, 1.54) is 89.9 Å². The first-order valence-electron chi connectivity index (χ1n) is 16.2. The molecular weight excluding hydrogens is 509 g/mol. The van der Waals surface area contributed by atoms with Gasteiger partial charge in [-0.2, -0.15) is 0 Å². The zero-order valence-electron chi connectivity index (χ0n) is 26.8. The fourth-order valence-electron chi connectivity index (χ4n) is 4.90. The normalized spacial score (nSPS) is 15.6. The van der Waals surface area contributed by atoms with Crippen molar-refractivity contribution in [3.8, 4) is 0 Å². The number of ether oxygens (including phenoxy) is 2. The van der Waals surface area contributed by atoms with Crippen molar-refractivity contribution in [1.82, 2.24) is 0 Å². The molecule has 2 unspecified atom stereocenters. The van der Waals surface area contributed by atoms with Crippen LogP contribution in [-0.4, -0.2) is 69.3 Å². The van der Waals surface area contributed by atoms with E-state index in [0.29, 0.717) is 24.1 Å². The molecule has 0 heterocycles. The lowest BCUT2D eigenvalue weighted by Gasteiger charge is -2.36. The Morgan fingerprint density at radius 1 is 0.718 bits per heavy atom. The van der Waals surface area contributed by atoms with Gasteiger partial charge in [-0.1, -0.05) is 103 Å². The Balaban J connectivity index is 3.68. The third-order valence-corrected chi connectivity index (χ3v) is 9.67. The summed E-state index contributed by atoms with van der Waals surface area (Å²) in [5, 5.41) is 0. The van der Waals surface area contributed by atoms with Gasteiger partial charge in [0, 0.05) is 20.1 Å². The lowest BCUT2D eigenvalue weighted by molar-refractivity contribution is -0.883. The van der Waals surface area contributed by atoms with Gasteiger partial charge in [-0.25, -0.2) is 0 Å². The van der Waals surface area contributed by atoms with Crippen LogP contribution < -0.4 is 0 Å². The van der Waals surface area contributed by atoms with Gasteiger partial charge in [-0.15, -0.1) is 0 Å². The molecule has 39 heavy (non-hydrogen) atoms. The van der Waals surface area contributed by atoms with Crippen molar-refractivity contribution in [1.29, 1.82) is 0 Å². The molecule has 0 aromatic heterocycles. The number of nitrogens with zero attached hydrogens (tertiary/aromatic N) is 1. The van der Waals surface area contributed by atoms with Crippen molar-refractivity contribution in [3.05, 3.63) is 12.2 Å². The van der Waals surface area contributed by atoms with Gasteiger partial charge in [0.25, 0.3) is 0 Å². The minimum Gasteiger partial charge on any atom is -0.379 e. The Kier molecular flexibility index (Phi) is 25.3. The summed E-state index contributed by atoms with van der Waals surface area (Å²) in [7, 11) is 3.62. The standard InChI is InChI=1S/C32H66NO5P/c1-7-9-10-11-12-13-14-15-16-17-18-19-20-21-22-23-24-25-26-28-37-29-31(36-6)30-38-39(34,35)32(27-8-2)33(3,4)5/h21-22,31-32H,7-20,23-30H2,1-6H3/p+1/b22-21-/t31-,32?/m1/s1. The Hall–Kier alpha value is -0.230. The molecular formula is C32H67NO5P+. The minimum atomic E-state index is -3.76. The lowest BCUT2D eigenvalue weighted by atomic mass is 10.0. The number of methoxy groups -OCH3 is 1.